The molecule has 1 aliphatic rings. The zero-order valence-corrected chi connectivity index (χ0v) is 8.36. The van der Waals surface area contributed by atoms with E-state index in [9.17, 15) is 9.59 Å². The Morgan fingerprint density at radius 2 is 1.86 bits per heavy atom. The van der Waals surface area contributed by atoms with Gasteiger partial charge in [0.05, 0.1) is 26.1 Å². The lowest BCUT2D eigenvalue weighted by Crippen LogP contribution is -2.31. The van der Waals surface area contributed by atoms with Crippen LogP contribution in [0.25, 0.3) is 0 Å². The van der Waals surface area contributed by atoms with E-state index in [1.807, 2.05) is 6.08 Å². The Balaban J connectivity index is 2.77. The first-order valence-corrected chi connectivity index (χ1v) is 4.53. The Morgan fingerprint density at radius 3 is 2.43 bits per heavy atom. The highest BCUT2D eigenvalue weighted by Crippen LogP contribution is 2.26. The summed E-state index contributed by atoms with van der Waals surface area (Å²) in [7, 11) is 2.65. The van der Waals surface area contributed by atoms with Gasteiger partial charge in [-0.25, -0.2) is 0 Å². The largest absolute Gasteiger partial charge is 0.469 e. The van der Waals surface area contributed by atoms with Gasteiger partial charge in [-0.3, -0.25) is 9.59 Å². The van der Waals surface area contributed by atoms with Crippen molar-refractivity contribution in [2.45, 2.75) is 12.8 Å². The quantitative estimate of drug-likeness (QED) is 0.489. The number of rotatable bonds is 2. The van der Waals surface area contributed by atoms with Crippen LogP contribution in [0.15, 0.2) is 12.2 Å². The van der Waals surface area contributed by atoms with Crippen LogP contribution in [0.1, 0.15) is 12.8 Å². The van der Waals surface area contributed by atoms with Gasteiger partial charge in [0.1, 0.15) is 0 Å². The predicted molar refractivity (Wildman–Crippen MR) is 49.4 cm³/mol. The highest BCUT2D eigenvalue weighted by Gasteiger charge is 2.34. The van der Waals surface area contributed by atoms with Gasteiger partial charge >= 0.3 is 11.9 Å². The van der Waals surface area contributed by atoms with Gasteiger partial charge in [-0.1, -0.05) is 12.2 Å². The van der Waals surface area contributed by atoms with Crippen molar-refractivity contribution in [3.63, 3.8) is 0 Å². The fourth-order valence-electron chi connectivity index (χ4n) is 1.63. The van der Waals surface area contributed by atoms with E-state index in [1.165, 1.54) is 14.2 Å². The van der Waals surface area contributed by atoms with Gasteiger partial charge < -0.3 is 9.47 Å². The molecule has 0 aromatic carbocycles. The van der Waals surface area contributed by atoms with Crippen molar-refractivity contribution in [1.29, 1.82) is 0 Å². The summed E-state index contributed by atoms with van der Waals surface area (Å²) in [6, 6.07) is 0. The zero-order chi connectivity index (χ0) is 10.6. The Hall–Kier alpha value is -1.32. The maximum atomic E-state index is 11.3. The van der Waals surface area contributed by atoms with Crippen molar-refractivity contribution in [3.8, 4) is 0 Å². The Kier molecular flexibility index (Phi) is 3.68. The lowest BCUT2D eigenvalue weighted by Gasteiger charge is -2.22. The third-order valence-corrected chi connectivity index (χ3v) is 2.40. The van der Waals surface area contributed by atoms with E-state index in [0.717, 1.165) is 6.42 Å². The van der Waals surface area contributed by atoms with E-state index in [2.05, 4.69) is 9.47 Å². The molecule has 0 aromatic heterocycles. The number of esters is 2. The summed E-state index contributed by atoms with van der Waals surface area (Å²) in [5, 5.41) is 0. The summed E-state index contributed by atoms with van der Waals surface area (Å²) in [5.41, 5.74) is 0. The smallest absolute Gasteiger partial charge is 0.313 e. The lowest BCUT2D eigenvalue weighted by atomic mass is 9.84. The molecule has 0 amide bonds. The number of methoxy groups -OCH3 is 2. The summed E-state index contributed by atoms with van der Waals surface area (Å²) >= 11 is 0. The average Bonchev–Trinajstić information content (AvgIpc) is 2.27. The average molecular weight is 198 g/mol. The summed E-state index contributed by atoms with van der Waals surface area (Å²) in [6.45, 7) is 0. The first-order valence-electron chi connectivity index (χ1n) is 4.53. The minimum Gasteiger partial charge on any atom is -0.469 e. The predicted octanol–water partition coefficient (Wildman–Crippen LogP) is 0.915. The molecular weight excluding hydrogens is 184 g/mol. The molecule has 0 radical (unpaired) electrons. The van der Waals surface area contributed by atoms with Gasteiger partial charge in [-0.2, -0.15) is 0 Å². The number of hydrogen-bond acceptors (Lipinski definition) is 4. The standard InChI is InChI=1S/C10H14O4/c1-13-9(11)7-5-3-4-6-8(7)10(12)14-2/h3,5,7-8H,4,6H2,1-2H3/t7-,8-/m1/s1. The van der Waals surface area contributed by atoms with Crippen LogP contribution in [0, 0.1) is 11.8 Å². The number of carbonyl (C=O) groups is 2. The summed E-state index contributed by atoms with van der Waals surface area (Å²) in [5.74, 6) is -1.60. The van der Waals surface area contributed by atoms with E-state index < -0.39 is 11.8 Å². The van der Waals surface area contributed by atoms with Crippen LogP contribution in [0.3, 0.4) is 0 Å². The summed E-state index contributed by atoms with van der Waals surface area (Å²) < 4.78 is 9.25. The minimum atomic E-state index is -0.485. The lowest BCUT2D eigenvalue weighted by molar-refractivity contribution is -0.156. The topological polar surface area (TPSA) is 52.6 Å². The second-order valence-electron chi connectivity index (χ2n) is 3.18. The molecule has 14 heavy (non-hydrogen) atoms. The highest BCUT2D eigenvalue weighted by atomic mass is 16.5. The molecule has 0 bridgehead atoms. The molecule has 4 heteroatoms. The maximum Gasteiger partial charge on any atom is 0.313 e. The SMILES string of the molecule is COC(=O)[C@@H]1C=CCC[C@H]1C(=O)OC. The number of allylic oxidation sites excluding steroid dienone is 1. The fraction of sp³-hybridized carbons (Fsp3) is 0.600. The van der Waals surface area contributed by atoms with Crippen molar-refractivity contribution in [2.75, 3.05) is 14.2 Å². The highest BCUT2D eigenvalue weighted by molar-refractivity contribution is 5.83. The Morgan fingerprint density at radius 1 is 1.21 bits per heavy atom. The third kappa shape index (κ3) is 2.13. The van der Waals surface area contributed by atoms with Crippen LogP contribution in [0.5, 0.6) is 0 Å². The van der Waals surface area contributed by atoms with Crippen molar-refractivity contribution in [1.82, 2.24) is 0 Å². The van der Waals surface area contributed by atoms with E-state index >= 15 is 0 Å². The monoisotopic (exact) mass is 198 g/mol. The molecule has 0 aliphatic heterocycles. The van der Waals surface area contributed by atoms with Crippen molar-refractivity contribution >= 4 is 11.9 Å². The molecule has 2 atom stereocenters. The van der Waals surface area contributed by atoms with Crippen LogP contribution in [-0.2, 0) is 19.1 Å². The molecule has 0 fully saturated rings. The fourth-order valence-corrected chi connectivity index (χ4v) is 1.63. The Labute approximate surface area is 82.9 Å². The van der Waals surface area contributed by atoms with Crippen molar-refractivity contribution < 1.29 is 19.1 Å². The van der Waals surface area contributed by atoms with E-state index in [1.54, 1.807) is 6.08 Å². The van der Waals surface area contributed by atoms with Crippen LogP contribution in [0.2, 0.25) is 0 Å². The number of hydrogen-bond donors (Lipinski definition) is 0. The van der Waals surface area contributed by atoms with Crippen LogP contribution >= 0.6 is 0 Å². The maximum absolute atomic E-state index is 11.3. The third-order valence-electron chi connectivity index (χ3n) is 2.40. The van der Waals surface area contributed by atoms with E-state index in [0.29, 0.717) is 6.42 Å². The molecule has 0 saturated carbocycles. The first kappa shape index (κ1) is 10.8. The molecule has 1 rings (SSSR count). The number of carbonyl (C=O) groups excluding carboxylic acids is 2. The van der Waals surface area contributed by atoms with Crippen molar-refractivity contribution in [3.05, 3.63) is 12.2 Å². The van der Waals surface area contributed by atoms with Crippen molar-refractivity contribution in [2.24, 2.45) is 11.8 Å². The van der Waals surface area contributed by atoms with Gasteiger partial charge in [0.25, 0.3) is 0 Å². The molecule has 0 unspecified atom stereocenters. The van der Waals surface area contributed by atoms with Gasteiger partial charge in [0, 0.05) is 0 Å². The van der Waals surface area contributed by atoms with Gasteiger partial charge in [0.2, 0.25) is 0 Å². The molecule has 0 spiro atoms. The molecule has 0 N–H and O–H groups in total. The molecule has 78 valence electrons. The van der Waals surface area contributed by atoms with Gasteiger partial charge in [0.15, 0.2) is 0 Å². The van der Waals surface area contributed by atoms with Crippen LogP contribution < -0.4 is 0 Å². The molecule has 1 aliphatic carbocycles. The normalized spacial score (nSPS) is 25.6. The first-order chi connectivity index (χ1) is 6.70. The molecule has 0 heterocycles. The van der Waals surface area contributed by atoms with Gasteiger partial charge in [-0.15, -0.1) is 0 Å². The second kappa shape index (κ2) is 4.79. The molecular formula is C10H14O4. The van der Waals surface area contributed by atoms with Gasteiger partial charge in [-0.05, 0) is 12.8 Å². The zero-order valence-electron chi connectivity index (χ0n) is 8.36. The Bertz CT molecular complexity index is 257. The number of ether oxygens (including phenoxy) is 2. The summed E-state index contributed by atoms with van der Waals surface area (Å²) in [4.78, 5) is 22.7. The second-order valence-corrected chi connectivity index (χ2v) is 3.18. The molecule has 0 saturated heterocycles. The van der Waals surface area contributed by atoms with E-state index in [-0.39, 0.29) is 11.9 Å². The summed E-state index contributed by atoms with van der Waals surface area (Å²) in [6.07, 6.45) is 5.05. The van der Waals surface area contributed by atoms with E-state index in [4.69, 9.17) is 0 Å². The van der Waals surface area contributed by atoms with Crippen LogP contribution in [0.4, 0.5) is 0 Å². The van der Waals surface area contributed by atoms with Crippen LogP contribution in [-0.4, -0.2) is 26.2 Å². The molecule has 4 nitrogen and oxygen atoms in total. The minimum absolute atomic E-state index is 0.343. The molecule has 0 aromatic rings.